The predicted octanol–water partition coefficient (Wildman–Crippen LogP) is 1.16. The van der Waals surface area contributed by atoms with Gasteiger partial charge in [-0.2, -0.15) is 5.10 Å². The quantitative estimate of drug-likeness (QED) is 0.454. The van der Waals surface area contributed by atoms with Gasteiger partial charge in [-0.25, -0.2) is 14.8 Å². The largest absolute Gasteiger partial charge is 0.467 e. The Kier molecular flexibility index (Phi) is 6.13. The van der Waals surface area contributed by atoms with Crippen LogP contribution in [-0.4, -0.2) is 50.5 Å². The average Bonchev–Trinajstić information content (AvgIpc) is 2.98. The van der Waals surface area contributed by atoms with Gasteiger partial charge < -0.3 is 10.1 Å². The molecule has 9 heteroatoms. The molecule has 8 nitrogen and oxygen atoms in total. The lowest BCUT2D eigenvalue weighted by molar-refractivity contribution is -0.146. The van der Waals surface area contributed by atoms with Crippen LogP contribution in [0.25, 0.3) is 11.0 Å². The second-order valence-electron chi connectivity index (χ2n) is 5.43. The number of fused-ring (bicyclic) bond motifs is 1. The van der Waals surface area contributed by atoms with Crippen molar-refractivity contribution in [3.05, 3.63) is 12.5 Å². The molecule has 0 spiro atoms. The van der Waals surface area contributed by atoms with E-state index < -0.39 is 12.0 Å². The van der Waals surface area contributed by atoms with E-state index in [1.54, 1.807) is 17.9 Å². The molecule has 2 aromatic heterocycles. The van der Waals surface area contributed by atoms with Gasteiger partial charge in [0.15, 0.2) is 5.65 Å². The number of nitrogens with zero attached hydrogens (tertiary/aromatic N) is 4. The van der Waals surface area contributed by atoms with Crippen molar-refractivity contribution in [2.24, 2.45) is 13.0 Å². The summed E-state index contributed by atoms with van der Waals surface area (Å²) in [6.45, 7) is 3.86. The molecule has 2 heterocycles. The Hall–Kier alpha value is -2.16. The molecule has 0 radical (unpaired) electrons. The van der Waals surface area contributed by atoms with Crippen molar-refractivity contribution in [2.75, 3.05) is 12.9 Å². The molecule has 0 aliphatic heterocycles. The lowest BCUT2D eigenvalue weighted by atomic mass is 9.99. The first-order valence-electron chi connectivity index (χ1n) is 7.60. The average molecular weight is 351 g/mol. The standard InChI is InChI=1S/C15H21N5O3S/c1-5-9(2)12(15(22)23-4)19-11(21)7-24-14-10-6-18-20(3)13(10)16-8-17-14/h6,8-9,12H,5,7H2,1-4H3,(H,19,21). The molecule has 0 fully saturated rings. The summed E-state index contributed by atoms with van der Waals surface area (Å²) in [5.74, 6) is -0.536. The highest BCUT2D eigenvalue weighted by Gasteiger charge is 2.26. The number of amides is 1. The van der Waals surface area contributed by atoms with E-state index >= 15 is 0 Å². The summed E-state index contributed by atoms with van der Waals surface area (Å²) in [4.78, 5) is 32.4. The molecule has 130 valence electrons. The number of carbonyl (C=O) groups excluding carboxylic acids is 2. The molecule has 2 rings (SSSR count). The van der Waals surface area contributed by atoms with Gasteiger partial charge in [0.05, 0.1) is 24.4 Å². The Morgan fingerprint density at radius 1 is 1.42 bits per heavy atom. The highest BCUT2D eigenvalue weighted by Crippen LogP contribution is 2.23. The van der Waals surface area contributed by atoms with Gasteiger partial charge in [-0.15, -0.1) is 0 Å². The van der Waals surface area contributed by atoms with Crippen LogP contribution in [0.15, 0.2) is 17.6 Å². The first kappa shape index (κ1) is 18.2. The third-order valence-electron chi connectivity index (χ3n) is 3.82. The summed E-state index contributed by atoms with van der Waals surface area (Å²) >= 11 is 1.28. The van der Waals surface area contributed by atoms with Crippen molar-refractivity contribution < 1.29 is 14.3 Å². The van der Waals surface area contributed by atoms with Gasteiger partial charge in [-0.05, 0) is 5.92 Å². The first-order valence-corrected chi connectivity index (χ1v) is 8.59. The molecule has 2 atom stereocenters. The van der Waals surface area contributed by atoms with Crippen molar-refractivity contribution in [1.82, 2.24) is 25.1 Å². The lowest BCUT2D eigenvalue weighted by Crippen LogP contribution is -2.46. The van der Waals surface area contributed by atoms with Crippen LogP contribution in [0.1, 0.15) is 20.3 Å². The van der Waals surface area contributed by atoms with Gasteiger partial charge in [-0.3, -0.25) is 9.48 Å². The fourth-order valence-corrected chi connectivity index (χ4v) is 2.97. The zero-order valence-electron chi connectivity index (χ0n) is 14.1. The topological polar surface area (TPSA) is 99.0 Å². The number of nitrogens with one attached hydrogen (secondary N) is 1. The van der Waals surface area contributed by atoms with Crippen LogP contribution in [0.2, 0.25) is 0 Å². The number of esters is 1. The van der Waals surface area contributed by atoms with Crippen molar-refractivity contribution in [1.29, 1.82) is 0 Å². The number of hydrogen-bond acceptors (Lipinski definition) is 7. The SMILES string of the molecule is CCC(C)C(NC(=O)CSc1ncnc2c1cnn2C)C(=O)OC. The monoisotopic (exact) mass is 351 g/mol. The number of hydrogen-bond donors (Lipinski definition) is 1. The zero-order chi connectivity index (χ0) is 17.7. The van der Waals surface area contributed by atoms with Gasteiger partial charge in [0.1, 0.15) is 17.4 Å². The summed E-state index contributed by atoms with van der Waals surface area (Å²) in [5, 5.41) is 8.36. The summed E-state index contributed by atoms with van der Waals surface area (Å²) in [6.07, 6.45) is 3.88. The van der Waals surface area contributed by atoms with E-state index in [2.05, 4.69) is 20.4 Å². The van der Waals surface area contributed by atoms with Gasteiger partial charge in [0.2, 0.25) is 5.91 Å². The van der Waals surface area contributed by atoms with E-state index in [4.69, 9.17) is 4.74 Å². The van der Waals surface area contributed by atoms with E-state index in [1.165, 1.54) is 25.2 Å². The number of methoxy groups -OCH3 is 1. The van der Waals surface area contributed by atoms with Gasteiger partial charge in [0.25, 0.3) is 0 Å². The molecule has 2 unspecified atom stereocenters. The predicted molar refractivity (Wildman–Crippen MR) is 90.4 cm³/mol. The molecular formula is C15H21N5O3S. The third kappa shape index (κ3) is 4.02. The van der Waals surface area contributed by atoms with Crippen LogP contribution in [0.5, 0.6) is 0 Å². The minimum Gasteiger partial charge on any atom is -0.467 e. The summed E-state index contributed by atoms with van der Waals surface area (Å²) in [6, 6.07) is -0.642. The van der Waals surface area contributed by atoms with E-state index in [1.807, 2.05) is 13.8 Å². The van der Waals surface area contributed by atoms with Crippen LogP contribution in [0.3, 0.4) is 0 Å². The minimum atomic E-state index is -0.642. The molecule has 0 bridgehead atoms. The van der Waals surface area contributed by atoms with Crippen LogP contribution >= 0.6 is 11.8 Å². The van der Waals surface area contributed by atoms with Gasteiger partial charge in [-0.1, -0.05) is 32.0 Å². The van der Waals surface area contributed by atoms with E-state index in [-0.39, 0.29) is 17.6 Å². The second kappa shape index (κ2) is 8.09. The number of aryl methyl sites for hydroxylation is 1. The number of rotatable bonds is 7. The highest BCUT2D eigenvalue weighted by molar-refractivity contribution is 8.00. The second-order valence-corrected chi connectivity index (χ2v) is 6.39. The highest BCUT2D eigenvalue weighted by atomic mass is 32.2. The van der Waals surface area contributed by atoms with Crippen molar-refractivity contribution >= 4 is 34.7 Å². The molecule has 1 amide bonds. The van der Waals surface area contributed by atoms with Crippen molar-refractivity contribution in [3.63, 3.8) is 0 Å². The van der Waals surface area contributed by atoms with Crippen LogP contribution < -0.4 is 5.32 Å². The molecule has 24 heavy (non-hydrogen) atoms. The summed E-state index contributed by atoms with van der Waals surface area (Å²) in [5.41, 5.74) is 0.708. The van der Waals surface area contributed by atoms with Crippen molar-refractivity contribution in [3.8, 4) is 0 Å². The minimum absolute atomic E-state index is 0.00418. The molecule has 2 aromatic rings. The maximum absolute atomic E-state index is 12.2. The molecule has 0 saturated heterocycles. The molecule has 0 aliphatic rings. The molecule has 0 aromatic carbocycles. The number of carbonyl (C=O) groups is 2. The van der Waals surface area contributed by atoms with E-state index in [0.717, 1.165) is 11.8 Å². The van der Waals surface area contributed by atoms with E-state index in [9.17, 15) is 9.59 Å². The summed E-state index contributed by atoms with van der Waals surface area (Å²) < 4.78 is 6.42. The fourth-order valence-electron chi connectivity index (χ4n) is 2.20. The van der Waals surface area contributed by atoms with Crippen LogP contribution in [0, 0.1) is 5.92 Å². The van der Waals surface area contributed by atoms with Crippen LogP contribution in [-0.2, 0) is 21.4 Å². The van der Waals surface area contributed by atoms with Gasteiger partial charge in [0, 0.05) is 7.05 Å². The fraction of sp³-hybridized carbons (Fsp3) is 0.533. The Labute approximate surface area is 144 Å². The Morgan fingerprint density at radius 2 is 2.17 bits per heavy atom. The lowest BCUT2D eigenvalue weighted by Gasteiger charge is -2.21. The van der Waals surface area contributed by atoms with Gasteiger partial charge >= 0.3 is 5.97 Å². The summed E-state index contributed by atoms with van der Waals surface area (Å²) in [7, 11) is 3.11. The zero-order valence-corrected chi connectivity index (χ0v) is 15.0. The number of ether oxygens (including phenoxy) is 1. The van der Waals surface area contributed by atoms with Crippen LogP contribution in [0.4, 0.5) is 0 Å². The molecule has 0 saturated carbocycles. The maximum atomic E-state index is 12.2. The smallest absolute Gasteiger partial charge is 0.328 e. The first-order chi connectivity index (χ1) is 11.5. The van der Waals surface area contributed by atoms with Crippen molar-refractivity contribution in [2.45, 2.75) is 31.3 Å². The normalized spacial score (nSPS) is 13.5. The number of aromatic nitrogens is 4. The molecular weight excluding hydrogens is 330 g/mol. The Balaban J connectivity index is 2.02. The molecule has 1 N–H and O–H groups in total. The molecule has 0 aliphatic carbocycles. The number of thioether (sulfide) groups is 1. The van der Waals surface area contributed by atoms with E-state index in [0.29, 0.717) is 10.7 Å². The Morgan fingerprint density at radius 3 is 2.83 bits per heavy atom. The maximum Gasteiger partial charge on any atom is 0.328 e. The third-order valence-corrected chi connectivity index (χ3v) is 4.82. The Bertz CT molecular complexity index is 733.